The third-order valence-corrected chi connectivity index (χ3v) is 5.72. The van der Waals surface area contributed by atoms with Gasteiger partial charge in [0.25, 0.3) is 0 Å². The Morgan fingerprint density at radius 1 is 0.966 bits per heavy atom. The van der Waals surface area contributed by atoms with E-state index in [2.05, 4.69) is 52.2 Å². The Labute approximate surface area is 180 Å². The molecule has 0 aromatic carbocycles. The van der Waals surface area contributed by atoms with E-state index in [0.29, 0.717) is 19.4 Å². The van der Waals surface area contributed by atoms with E-state index in [4.69, 9.17) is 4.74 Å². The van der Waals surface area contributed by atoms with E-state index in [-0.39, 0.29) is 34.7 Å². The molecular weight excluding hydrogens is 364 g/mol. The summed E-state index contributed by atoms with van der Waals surface area (Å²) in [6, 6.07) is -0.568. The van der Waals surface area contributed by atoms with Crippen LogP contribution in [0.5, 0.6) is 0 Å². The molecule has 3 unspecified atom stereocenters. The van der Waals surface area contributed by atoms with Crippen LogP contribution in [-0.4, -0.2) is 47.9 Å². The monoisotopic (exact) mass is 412 g/mol. The zero-order chi connectivity index (χ0) is 22.9. The normalized spacial score (nSPS) is 16.9. The van der Waals surface area contributed by atoms with Crippen molar-refractivity contribution >= 4 is 11.6 Å². The van der Waals surface area contributed by atoms with Gasteiger partial charge in [0.15, 0.2) is 5.78 Å². The molecule has 29 heavy (non-hydrogen) atoms. The van der Waals surface area contributed by atoms with Crippen molar-refractivity contribution in [1.82, 2.24) is 10.6 Å². The summed E-state index contributed by atoms with van der Waals surface area (Å²) >= 11 is 0. The highest BCUT2D eigenvalue weighted by molar-refractivity contribution is 5.93. The molecule has 172 valence electrons. The first-order chi connectivity index (χ1) is 13.2. The van der Waals surface area contributed by atoms with Gasteiger partial charge in [0.1, 0.15) is 5.78 Å². The molecule has 0 amide bonds. The maximum Gasteiger partial charge on any atom is 0.169 e. The zero-order valence-corrected chi connectivity index (χ0v) is 20.8. The minimum Gasteiger partial charge on any atom is -0.376 e. The van der Waals surface area contributed by atoms with Crippen LogP contribution in [0.1, 0.15) is 101 Å². The fourth-order valence-electron chi connectivity index (χ4n) is 3.27. The van der Waals surface area contributed by atoms with E-state index in [0.717, 1.165) is 25.8 Å². The average molecular weight is 413 g/mol. The molecule has 0 aliphatic carbocycles. The molecule has 0 spiro atoms. The second kappa shape index (κ2) is 12.2. The highest BCUT2D eigenvalue weighted by Crippen LogP contribution is 2.24. The van der Waals surface area contributed by atoms with Crippen molar-refractivity contribution in [2.45, 2.75) is 125 Å². The molecular formula is C24H48N2O3. The van der Waals surface area contributed by atoms with Gasteiger partial charge < -0.3 is 10.1 Å². The van der Waals surface area contributed by atoms with Gasteiger partial charge in [0, 0.05) is 13.2 Å². The van der Waals surface area contributed by atoms with Gasteiger partial charge in [0.2, 0.25) is 0 Å². The Morgan fingerprint density at radius 2 is 1.55 bits per heavy atom. The molecule has 0 aromatic rings. The van der Waals surface area contributed by atoms with Crippen LogP contribution in [0, 0.1) is 5.41 Å². The number of carbonyl (C=O) groups is 2. The Hall–Kier alpha value is -0.780. The number of carbonyl (C=O) groups excluding carboxylic acids is 2. The molecule has 3 atom stereocenters. The number of Topliss-reactive ketones (excluding diaryl/α,β-unsaturated/α-hetero) is 2. The van der Waals surface area contributed by atoms with Crippen molar-refractivity contribution in [2.75, 3.05) is 13.2 Å². The molecule has 0 bridgehead atoms. The Balaban J connectivity index is 5.13. The number of ketones is 2. The third-order valence-electron chi connectivity index (χ3n) is 5.72. The number of nitrogens with one attached hydrogen (secondary N) is 2. The predicted octanol–water partition coefficient (Wildman–Crippen LogP) is 4.67. The van der Waals surface area contributed by atoms with E-state index in [9.17, 15) is 9.59 Å². The van der Waals surface area contributed by atoms with E-state index < -0.39 is 5.54 Å². The molecule has 5 nitrogen and oxygen atoms in total. The standard InChI is InChI=1S/C24H48N2O3/c1-11-14-20(26-19(12-2)18(4)27)21(28)24(10,13-3)25-17-23(8,9)15-16-29-22(5,6)7/h19-20,25-26H,11-17H2,1-10H3. The number of ether oxygens (including phenoxy) is 1. The van der Waals surface area contributed by atoms with Crippen LogP contribution in [0.3, 0.4) is 0 Å². The topological polar surface area (TPSA) is 67.4 Å². The quantitative estimate of drug-likeness (QED) is 0.409. The molecule has 0 heterocycles. The van der Waals surface area contributed by atoms with Crippen LogP contribution in [0.4, 0.5) is 0 Å². The number of hydrogen-bond donors (Lipinski definition) is 2. The fraction of sp³-hybridized carbons (Fsp3) is 0.917. The van der Waals surface area contributed by atoms with Crippen LogP contribution in [0.15, 0.2) is 0 Å². The Kier molecular flexibility index (Phi) is 11.8. The Bertz CT molecular complexity index is 511. The first-order valence-electron chi connectivity index (χ1n) is 11.4. The van der Waals surface area contributed by atoms with Gasteiger partial charge in [-0.2, -0.15) is 0 Å². The maximum absolute atomic E-state index is 13.5. The van der Waals surface area contributed by atoms with E-state index in [1.165, 1.54) is 0 Å². The zero-order valence-electron chi connectivity index (χ0n) is 20.8. The number of rotatable bonds is 15. The molecule has 2 N–H and O–H groups in total. The van der Waals surface area contributed by atoms with Gasteiger partial charge in [-0.15, -0.1) is 0 Å². The van der Waals surface area contributed by atoms with Crippen molar-refractivity contribution in [3.8, 4) is 0 Å². The van der Waals surface area contributed by atoms with Crippen LogP contribution >= 0.6 is 0 Å². The van der Waals surface area contributed by atoms with Crippen molar-refractivity contribution in [1.29, 1.82) is 0 Å². The van der Waals surface area contributed by atoms with Gasteiger partial charge in [-0.05, 0) is 65.7 Å². The lowest BCUT2D eigenvalue weighted by Gasteiger charge is -2.37. The predicted molar refractivity (Wildman–Crippen MR) is 122 cm³/mol. The highest BCUT2D eigenvalue weighted by Gasteiger charge is 2.38. The van der Waals surface area contributed by atoms with Gasteiger partial charge in [-0.1, -0.05) is 41.0 Å². The molecule has 0 fully saturated rings. The summed E-state index contributed by atoms with van der Waals surface area (Å²) in [6.07, 6.45) is 3.96. The molecule has 0 saturated carbocycles. The van der Waals surface area contributed by atoms with Gasteiger partial charge in [0.05, 0.1) is 23.2 Å². The molecule has 0 rings (SSSR count). The minimum atomic E-state index is -0.621. The molecule has 0 radical (unpaired) electrons. The first kappa shape index (κ1) is 28.2. The average Bonchev–Trinajstić information content (AvgIpc) is 2.61. The molecule has 0 aliphatic heterocycles. The number of hydrogen-bond acceptors (Lipinski definition) is 5. The lowest BCUT2D eigenvalue weighted by Crippen LogP contribution is -2.59. The summed E-state index contributed by atoms with van der Waals surface area (Å²) in [7, 11) is 0. The van der Waals surface area contributed by atoms with Crippen LogP contribution in [0.25, 0.3) is 0 Å². The lowest BCUT2D eigenvalue weighted by atomic mass is 9.83. The van der Waals surface area contributed by atoms with Crippen LogP contribution in [0.2, 0.25) is 0 Å². The van der Waals surface area contributed by atoms with Gasteiger partial charge >= 0.3 is 0 Å². The Morgan fingerprint density at radius 3 is 1.97 bits per heavy atom. The van der Waals surface area contributed by atoms with Crippen molar-refractivity contribution in [2.24, 2.45) is 5.41 Å². The highest BCUT2D eigenvalue weighted by atomic mass is 16.5. The molecule has 5 heteroatoms. The summed E-state index contributed by atoms with van der Waals surface area (Å²) in [4.78, 5) is 25.3. The van der Waals surface area contributed by atoms with Crippen molar-refractivity contribution < 1.29 is 14.3 Å². The minimum absolute atomic E-state index is 0.0149. The summed E-state index contributed by atoms with van der Waals surface area (Å²) < 4.78 is 5.88. The molecule has 0 aliphatic rings. The van der Waals surface area contributed by atoms with E-state index in [1.54, 1.807) is 6.92 Å². The fourth-order valence-corrected chi connectivity index (χ4v) is 3.27. The second-order valence-corrected chi connectivity index (χ2v) is 10.4. The van der Waals surface area contributed by atoms with Crippen molar-refractivity contribution in [3.05, 3.63) is 0 Å². The van der Waals surface area contributed by atoms with Crippen LogP contribution < -0.4 is 10.6 Å². The second-order valence-electron chi connectivity index (χ2n) is 10.4. The van der Waals surface area contributed by atoms with Gasteiger partial charge in [-0.3, -0.25) is 14.9 Å². The van der Waals surface area contributed by atoms with E-state index in [1.807, 2.05) is 20.8 Å². The first-order valence-corrected chi connectivity index (χ1v) is 11.4. The summed E-state index contributed by atoms with van der Waals surface area (Å²) in [5.41, 5.74) is -0.742. The third kappa shape index (κ3) is 10.7. The van der Waals surface area contributed by atoms with Crippen molar-refractivity contribution in [3.63, 3.8) is 0 Å². The van der Waals surface area contributed by atoms with Crippen LogP contribution in [-0.2, 0) is 14.3 Å². The lowest BCUT2D eigenvalue weighted by molar-refractivity contribution is -0.128. The molecule has 0 aromatic heterocycles. The smallest absolute Gasteiger partial charge is 0.169 e. The van der Waals surface area contributed by atoms with E-state index >= 15 is 0 Å². The summed E-state index contributed by atoms with van der Waals surface area (Å²) in [6.45, 7) is 21.7. The summed E-state index contributed by atoms with van der Waals surface area (Å²) in [5.74, 6) is 0.246. The maximum atomic E-state index is 13.5. The SMILES string of the molecule is CCCC(NC(CC)C(C)=O)C(=O)C(C)(CC)NCC(C)(C)CCOC(C)(C)C. The largest absolute Gasteiger partial charge is 0.376 e. The summed E-state index contributed by atoms with van der Waals surface area (Å²) in [5, 5.41) is 6.90. The molecule has 0 saturated heterocycles. The van der Waals surface area contributed by atoms with Gasteiger partial charge in [-0.25, -0.2) is 0 Å².